The molecular formula is C13H17N3O3. The van der Waals surface area contributed by atoms with Crippen LogP contribution in [0.1, 0.15) is 19.8 Å². The van der Waals surface area contributed by atoms with Crippen molar-refractivity contribution in [1.82, 2.24) is 4.98 Å². The van der Waals surface area contributed by atoms with E-state index >= 15 is 0 Å². The minimum Gasteiger partial charge on any atom is -0.481 e. The van der Waals surface area contributed by atoms with Crippen LogP contribution in [0.2, 0.25) is 0 Å². The van der Waals surface area contributed by atoms with Gasteiger partial charge in [-0.3, -0.25) is 9.59 Å². The topological polar surface area (TPSA) is 82.5 Å². The van der Waals surface area contributed by atoms with Crippen LogP contribution in [0.15, 0.2) is 18.3 Å². The minimum absolute atomic E-state index is 0.515. The molecule has 1 aromatic heterocycles. The van der Waals surface area contributed by atoms with Gasteiger partial charge in [0.2, 0.25) is 5.91 Å². The lowest BCUT2D eigenvalue weighted by atomic mass is 10.1. The molecule has 6 nitrogen and oxygen atoms in total. The molecule has 2 rings (SSSR count). The number of nitrogens with one attached hydrogen (secondary N) is 1. The molecular weight excluding hydrogens is 246 g/mol. The Morgan fingerprint density at radius 2 is 2.05 bits per heavy atom. The number of amides is 1. The Hall–Kier alpha value is -2.11. The molecule has 0 spiro atoms. The Morgan fingerprint density at radius 3 is 2.58 bits per heavy atom. The van der Waals surface area contributed by atoms with E-state index in [9.17, 15) is 9.59 Å². The highest BCUT2D eigenvalue weighted by atomic mass is 16.4. The van der Waals surface area contributed by atoms with Gasteiger partial charge in [-0.2, -0.15) is 0 Å². The number of carboxylic acid groups (broad SMARTS) is 1. The lowest BCUT2D eigenvalue weighted by Crippen LogP contribution is -2.27. The Bertz CT molecular complexity index is 467. The summed E-state index contributed by atoms with van der Waals surface area (Å²) in [6, 6.07) is 3.58. The summed E-state index contributed by atoms with van der Waals surface area (Å²) in [5.74, 6) is -1.86. The second kappa shape index (κ2) is 5.69. The normalized spacial score (nSPS) is 16.2. The Balaban J connectivity index is 1.98. The van der Waals surface area contributed by atoms with Crippen molar-refractivity contribution in [2.24, 2.45) is 5.92 Å². The molecule has 0 aliphatic carbocycles. The summed E-state index contributed by atoms with van der Waals surface area (Å²) in [5, 5.41) is 11.3. The van der Waals surface area contributed by atoms with Crippen molar-refractivity contribution in [2.45, 2.75) is 19.8 Å². The molecule has 1 aromatic rings. The highest BCUT2D eigenvalue weighted by molar-refractivity contribution is 6.03. The van der Waals surface area contributed by atoms with Crippen LogP contribution in [0, 0.1) is 5.92 Å². The molecule has 1 fully saturated rings. The van der Waals surface area contributed by atoms with Crippen LogP contribution in [0.3, 0.4) is 0 Å². The summed E-state index contributed by atoms with van der Waals surface area (Å²) in [7, 11) is 0. The molecule has 1 atom stereocenters. The van der Waals surface area contributed by atoms with Gasteiger partial charge in [-0.1, -0.05) is 0 Å². The highest BCUT2D eigenvalue weighted by Gasteiger charge is 2.20. The predicted molar refractivity (Wildman–Crippen MR) is 71.1 cm³/mol. The molecule has 1 aliphatic heterocycles. The number of hydrogen-bond acceptors (Lipinski definition) is 4. The number of aliphatic carboxylic acids is 1. The van der Waals surface area contributed by atoms with Gasteiger partial charge < -0.3 is 15.3 Å². The summed E-state index contributed by atoms with van der Waals surface area (Å²) in [5.41, 5.74) is 0.515. The number of nitrogens with zero attached hydrogens (tertiary/aromatic N) is 2. The van der Waals surface area contributed by atoms with E-state index in [1.54, 1.807) is 12.3 Å². The monoisotopic (exact) mass is 263 g/mol. The summed E-state index contributed by atoms with van der Waals surface area (Å²) in [6.45, 7) is 3.37. The molecule has 102 valence electrons. The maximum absolute atomic E-state index is 11.6. The fraction of sp³-hybridized carbons (Fsp3) is 0.462. The van der Waals surface area contributed by atoms with Crippen molar-refractivity contribution in [3.63, 3.8) is 0 Å². The van der Waals surface area contributed by atoms with Gasteiger partial charge in [-0.15, -0.1) is 0 Å². The van der Waals surface area contributed by atoms with Crippen molar-refractivity contribution >= 4 is 23.4 Å². The number of aromatic nitrogens is 1. The smallest absolute Gasteiger partial charge is 0.315 e. The van der Waals surface area contributed by atoms with Crippen molar-refractivity contribution in [1.29, 1.82) is 0 Å². The van der Waals surface area contributed by atoms with E-state index in [4.69, 9.17) is 5.11 Å². The Labute approximate surface area is 111 Å². The number of carbonyl (C=O) groups is 2. The predicted octanol–water partition coefficient (Wildman–Crippen LogP) is 1.34. The molecule has 0 saturated carbocycles. The molecule has 0 radical (unpaired) electrons. The third-order valence-electron chi connectivity index (χ3n) is 3.21. The Morgan fingerprint density at radius 1 is 1.37 bits per heavy atom. The molecule has 1 aliphatic rings. The summed E-state index contributed by atoms with van der Waals surface area (Å²) in [4.78, 5) is 28.7. The van der Waals surface area contributed by atoms with Crippen LogP contribution in [0.5, 0.6) is 0 Å². The molecule has 2 heterocycles. The Kier molecular flexibility index (Phi) is 3.99. The molecule has 2 N–H and O–H groups in total. The van der Waals surface area contributed by atoms with Gasteiger partial charge in [-0.25, -0.2) is 4.98 Å². The van der Waals surface area contributed by atoms with Gasteiger partial charge in [-0.05, 0) is 31.9 Å². The van der Waals surface area contributed by atoms with Gasteiger partial charge in [0.05, 0.1) is 11.9 Å². The zero-order valence-corrected chi connectivity index (χ0v) is 10.8. The quantitative estimate of drug-likeness (QED) is 0.801. The SMILES string of the molecule is CC(C(=O)O)C(=O)Nc1ccc(N2CCCC2)nc1. The first-order valence-electron chi connectivity index (χ1n) is 6.32. The second-order valence-corrected chi connectivity index (χ2v) is 4.65. The lowest BCUT2D eigenvalue weighted by Gasteiger charge is -2.16. The van der Waals surface area contributed by atoms with Gasteiger partial charge in [0.25, 0.3) is 0 Å². The standard InChI is InChI=1S/C13H17N3O3/c1-9(13(18)19)12(17)15-10-4-5-11(14-8-10)16-6-2-3-7-16/h4-5,8-9H,2-3,6-7H2,1H3,(H,15,17)(H,18,19). The van der Waals surface area contributed by atoms with Gasteiger partial charge in [0.1, 0.15) is 11.7 Å². The van der Waals surface area contributed by atoms with E-state index in [-0.39, 0.29) is 0 Å². The van der Waals surface area contributed by atoms with E-state index in [0.29, 0.717) is 5.69 Å². The van der Waals surface area contributed by atoms with E-state index in [1.165, 1.54) is 19.8 Å². The fourth-order valence-corrected chi connectivity index (χ4v) is 1.96. The van der Waals surface area contributed by atoms with Crippen LogP contribution in [0.4, 0.5) is 11.5 Å². The largest absolute Gasteiger partial charge is 0.481 e. The van der Waals surface area contributed by atoms with Crippen LogP contribution < -0.4 is 10.2 Å². The van der Waals surface area contributed by atoms with Crippen molar-refractivity contribution in [3.8, 4) is 0 Å². The van der Waals surface area contributed by atoms with Crippen LogP contribution >= 0.6 is 0 Å². The number of carbonyl (C=O) groups excluding carboxylic acids is 1. The summed E-state index contributed by atoms with van der Waals surface area (Å²) in [6.07, 6.45) is 3.91. The van der Waals surface area contributed by atoms with Gasteiger partial charge >= 0.3 is 5.97 Å². The first kappa shape index (κ1) is 13.3. The zero-order chi connectivity index (χ0) is 13.8. The number of carboxylic acids is 1. The zero-order valence-electron chi connectivity index (χ0n) is 10.8. The maximum atomic E-state index is 11.6. The van der Waals surface area contributed by atoms with Crippen molar-refractivity contribution in [3.05, 3.63) is 18.3 Å². The van der Waals surface area contributed by atoms with Gasteiger partial charge in [0, 0.05) is 13.1 Å². The molecule has 0 aromatic carbocycles. The van der Waals surface area contributed by atoms with Crippen molar-refractivity contribution in [2.75, 3.05) is 23.3 Å². The second-order valence-electron chi connectivity index (χ2n) is 4.65. The highest BCUT2D eigenvalue weighted by Crippen LogP contribution is 2.19. The number of rotatable bonds is 4. The third-order valence-corrected chi connectivity index (χ3v) is 3.21. The number of anilines is 2. The number of hydrogen-bond donors (Lipinski definition) is 2. The van der Waals surface area contributed by atoms with Crippen LogP contribution in [-0.4, -0.2) is 35.1 Å². The molecule has 6 heteroatoms. The minimum atomic E-state index is -1.14. The molecule has 0 bridgehead atoms. The van der Waals surface area contributed by atoms with Crippen LogP contribution in [-0.2, 0) is 9.59 Å². The average molecular weight is 263 g/mol. The third kappa shape index (κ3) is 3.21. The van der Waals surface area contributed by atoms with E-state index in [0.717, 1.165) is 18.9 Å². The molecule has 1 amide bonds. The van der Waals surface area contributed by atoms with E-state index < -0.39 is 17.8 Å². The summed E-state index contributed by atoms with van der Waals surface area (Å²) >= 11 is 0. The lowest BCUT2D eigenvalue weighted by molar-refractivity contribution is -0.144. The maximum Gasteiger partial charge on any atom is 0.315 e. The first-order chi connectivity index (χ1) is 9.08. The van der Waals surface area contributed by atoms with E-state index in [1.807, 2.05) is 6.07 Å². The van der Waals surface area contributed by atoms with Gasteiger partial charge in [0.15, 0.2) is 0 Å². The fourth-order valence-electron chi connectivity index (χ4n) is 1.96. The number of pyridine rings is 1. The summed E-state index contributed by atoms with van der Waals surface area (Å²) < 4.78 is 0. The van der Waals surface area contributed by atoms with Crippen molar-refractivity contribution < 1.29 is 14.7 Å². The molecule has 19 heavy (non-hydrogen) atoms. The average Bonchev–Trinajstić information content (AvgIpc) is 2.92. The first-order valence-corrected chi connectivity index (χ1v) is 6.32. The molecule has 1 unspecified atom stereocenters. The van der Waals surface area contributed by atoms with E-state index in [2.05, 4.69) is 15.2 Å². The van der Waals surface area contributed by atoms with Crippen LogP contribution in [0.25, 0.3) is 0 Å². The molecule has 1 saturated heterocycles.